The average Bonchev–Trinajstić information content (AvgIpc) is 2.27. The Hall–Kier alpha value is -1.35. The maximum Gasteiger partial charge on any atom is 0.338 e. The van der Waals surface area contributed by atoms with Crippen molar-refractivity contribution < 1.29 is 14.3 Å². The molecule has 0 fully saturated rings. The number of esters is 1. The molecule has 0 bridgehead atoms. The second kappa shape index (κ2) is 6.40. The van der Waals surface area contributed by atoms with Crippen LogP contribution in [0.25, 0.3) is 0 Å². The number of methoxy groups -OCH3 is 1. The van der Waals surface area contributed by atoms with Crippen LogP contribution in [0.3, 0.4) is 0 Å². The van der Waals surface area contributed by atoms with Crippen molar-refractivity contribution in [1.29, 1.82) is 0 Å². The molecule has 0 saturated carbocycles. The third-order valence-electron chi connectivity index (χ3n) is 2.54. The van der Waals surface area contributed by atoms with Gasteiger partial charge in [-0.05, 0) is 32.4 Å². The molecule has 17 heavy (non-hydrogen) atoms. The lowest BCUT2D eigenvalue weighted by Gasteiger charge is -2.15. The number of carbonyl (C=O) groups is 1. The first-order valence-corrected chi connectivity index (χ1v) is 5.85. The molecule has 0 heterocycles. The SMILES string of the molecule is CCC(COC)OC(=O)c1cc(C)cc(C)c1. The minimum absolute atomic E-state index is 0.173. The number of carbonyl (C=O) groups excluding carboxylic acids is 1. The fourth-order valence-corrected chi connectivity index (χ4v) is 1.73. The maximum atomic E-state index is 11.9. The van der Waals surface area contributed by atoms with Crippen molar-refractivity contribution >= 4 is 5.97 Å². The smallest absolute Gasteiger partial charge is 0.338 e. The van der Waals surface area contributed by atoms with E-state index in [2.05, 4.69) is 0 Å². The highest BCUT2D eigenvalue weighted by molar-refractivity contribution is 5.90. The summed E-state index contributed by atoms with van der Waals surface area (Å²) < 4.78 is 10.4. The van der Waals surface area contributed by atoms with Crippen LogP contribution in [0.15, 0.2) is 18.2 Å². The van der Waals surface area contributed by atoms with Crippen molar-refractivity contribution in [2.75, 3.05) is 13.7 Å². The summed E-state index contributed by atoms with van der Waals surface area (Å²) in [4.78, 5) is 11.9. The molecule has 1 aromatic carbocycles. The Morgan fingerprint density at radius 3 is 2.29 bits per heavy atom. The Morgan fingerprint density at radius 2 is 1.82 bits per heavy atom. The lowest BCUT2D eigenvalue weighted by molar-refractivity contribution is 0.00473. The fourth-order valence-electron chi connectivity index (χ4n) is 1.73. The van der Waals surface area contributed by atoms with Crippen molar-refractivity contribution in [3.8, 4) is 0 Å². The van der Waals surface area contributed by atoms with Gasteiger partial charge in [-0.15, -0.1) is 0 Å². The predicted octanol–water partition coefficient (Wildman–Crippen LogP) is 2.89. The highest BCUT2D eigenvalue weighted by atomic mass is 16.6. The number of hydrogen-bond donors (Lipinski definition) is 0. The molecule has 0 aliphatic rings. The van der Waals surface area contributed by atoms with Crippen molar-refractivity contribution in [2.45, 2.75) is 33.3 Å². The summed E-state index contributed by atoms with van der Waals surface area (Å²) in [5, 5.41) is 0. The molecule has 1 unspecified atom stereocenters. The number of benzene rings is 1. The highest BCUT2D eigenvalue weighted by Crippen LogP contribution is 2.12. The van der Waals surface area contributed by atoms with E-state index in [-0.39, 0.29) is 12.1 Å². The highest BCUT2D eigenvalue weighted by Gasteiger charge is 2.14. The molecule has 0 N–H and O–H groups in total. The zero-order chi connectivity index (χ0) is 12.8. The fraction of sp³-hybridized carbons (Fsp3) is 0.500. The van der Waals surface area contributed by atoms with Gasteiger partial charge in [0.2, 0.25) is 0 Å². The molecule has 0 amide bonds. The summed E-state index contributed by atoms with van der Waals surface area (Å²) in [6.07, 6.45) is 0.581. The number of ether oxygens (including phenoxy) is 2. The Bertz CT molecular complexity index is 365. The standard InChI is InChI=1S/C14H20O3/c1-5-13(9-16-4)17-14(15)12-7-10(2)6-11(3)8-12/h6-8,13H,5,9H2,1-4H3. The zero-order valence-corrected chi connectivity index (χ0v) is 10.9. The molecular weight excluding hydrogens is 216 g/mol. The van der Waals surface area contributed by atoms with Gasteiger partial charge in [0.15, 0.2) is 0 Å². The zero-order valence-electron chi connectivity index (χ0n) is 10.9. The minimum Gasteiger partial charge on any atom is -0.456 e. The Kier molecular flexibility index (Phi) is 5.16. The van der Waals surface area contributed by atoms with E-state index in [1.165, 1.54) is 0 Å². The van der Waals surface area contributed by atoms with Gasteiger partial charge in [0.25, 0.3) is 0 Å². The minimum atomic E-state index is -0.277. The number of hydrogen-bond acceptors (Lipinski definition) is 3. The molecule has 0 aromatic heterocycles. The summed E-state index contributed by atoms with van der Waals surface area (Å²) in [6.45, 7) is 6.35. The van der Waals surface area contributed by atoms with Gasteiger partial charge in [-0.1, -0.05) is 24.1 Å². The summed E-state index contributed by atoms with van der Waals surface area (Å²) in [6, 6.07) is 5.72. The van der Waals surface area contributed by atoms with Crippen LogP contribution in [0, 0.1) is 13.8 Å². The number of rotatable bonds is 5. The lowest BCUT2D eigenvalue weighted by atomic mass is 10.1. The van der Waals surface area contributed by atoms with Crippen LogP contribution in [0.2, 0.25) is 0 Å². The summed E-state index contributed by atoms with van der Waals surface area (Å²) >= 11 is 0. The molecule has 1 rings (SSSR count). The van der Waals surface area contributed by atoms with Crippen molar-refractivity contribution in [2.24, 2.45) is 0 Å². The largest absolute Gasteiger partial charge is 0.456 e. The lowest BCUT2D eigenvalue weighted by Crippen LogP contribution is -2.22. The molecule has 1 aromatic rings. The van der Waals surface area contributed by atoms with Gasteiger partial charge >= 0.3 is 5.97 Å². The Balaban J connectivity index is 2.75. The van der Waals surface area contributed by atoms with E-state index in [0.29, 0.717) is 12.2 Å². The summed E-state index contributed by atoms with van der Waals surface area (Å²) in [5.41, 5.74) is 2.74. The van der Waals surface area contributed by atoms with Crippen LogP contribution in [0.1, 0.15) is 34.8 Å². The van der Waals surface area contributed by atoms with Crippen LogP contribution < -0.4 is 0 Å². The number of aryl methyl sites for hydroxylation is 2. The van der Waals surface area contributed by atoms with Crippen LogP contribution in [0.5, 0.6) is 0 Å². The van der Waals surface area contributed by atoms with Gasteiger partial charge in [-0.2, -0.15) is 0 Å². The van der Waals surface area contributed by atoms with E-state index in [1.54, 1.807) is 7.11 Å². The molecule has 3 nitrogen and oxygen atoms in total. The molecular formula is C14H20O3. The molecule has 0 aliphatic heterocycles. The predicted molar refractivity (Wildman–Crippen MR) is 67.3 cm³/mol. The summed E-state index contributed by atoms with van der Waals surface area (Å²) in [7, 11) is 1.60. The first-order chi connectivity index (χ1) is 8.06. The van der Waals surface area contributed by atoms with Gasteiger partial charge in [0.05, 0.1) is 12.2 Å². The summed E-state index contributed by atoms with van der Waals surface area (Å²) in [5.74, 6) is -0.277. The molecule has 0 spiro atoms. The van der Waals surface area contributed by atoms with Crippen molar-refractivity contribution in [3.05, 3.63) is 34.9 Å². The topological polar surface area (TPSA) is 35.5 Å². The molecule has 0 aliphatic carbocycles. The third-order valence-corrected chi connectivity index (χ3v) is 2.54. The van der Waals surface area contributed by atoms with Crippen molar-refractivity contribution in [3.63, 3.8) is 0 Å². The van der Waals surface area contributed by atoms with E-state index < -0.39 is 0 Å². The first-order valence-electron chi connectivity index (χ1n) is 5.85. The van der Waals surface area contributed by atoms with E-state index in [0.717, 1.165) is 17.5 Å². The Morgan fingerprint density at radius 1 is 1.24 bits per heavy atom. The van der Waals surface area contributed by atoms with Gasteiger partial charge in [0, 0.05) is 7.11 Å². The van der Waals surface area contributed by atoms with Crippen LogP contribution in [0.4, 0.5) is 0 Å². The quantitative estimate of drug-likeness (QED) is 0.737. The molecule has 3 heteroatoms. The van der Waals surface area contributed by atoms with Gasteiger partial charge in [-0.3, -0.25) is 0 Å². The van der Waals surface area contributed by atoms with Gasteiger partial charge < -0.3 is 9.47 Å². The molecule has 0 saturated heterocycles. The van der Waals surface area contributed by atoms with E-state index in [9.17, 15) is 4.79 Å². The van der Waals surface area contributed by atoms with Crippen molar-refractivity contribution in [1.82, 2.24) is 0 Å². The maximum absolute atomic E-state index is 11.9. The van der Waals surface area contributed by atoms with E-state index >= 15 is 0 Å². The van der Waals surface area contributed by atoms with Gasteiger partial charge in [0.1, 0.15) is 6.10 Å². The molecule has 0 radical (unpaired) electrons. The Labute approximate surface area is 103 Å². The van der Waals surface area contributed by atoms with Gasteiger partial charge in [-0.25, -0.2) is 4.79 Å². The monoisotopic (exact) mass is 236 g/mol. The molecule has 1 atom stereocenters. The third kappa shape index (κ3) is 4.19. The van der Waals surface area contributed by atoms with E-state index in [4.69, 9.17) is 9.47 Å². The average molecular weight is 236 g/mol. The van der Waals surface area contributed by atoms with Crippen LogP contribution in [-0.4, -0.2) is 25.8 Å². The van der Waals surface area contributed by atoms with E-state index in [1.807, 2.05) is 39.0 Å². The normalized spacial score (nSPS) is 12.2. The van der Waals surface area contributed by atoms with Crippen LogP contribution in [-0.2, 0) is 9.47 Å². The van der Waals surface area contributed by atoms with Crippen LogP contribution >= 0.6 is 0 Å². The second-order valence-electron chi connectivity index (χ2n) is 4.27. The second-order valence-corrected chi connectivity index (χ2v) is 4.27. The first kappa shape index (κ1) is 13.7. The molecule has 94 valence electrons.